The molecule has 3 nitrogen and oxygen atoms in total. The molecular formula is C15H15BrFNO2. The summed E-state index contributed by atoms with van der Waals surface area (Å²) in [5.74, 6) is -0.689. The number of carbonyl (C=O) groups excluding carboxylic acids is 2. The van der Waals surface area contributed by atoms with Crippen LogP contribution in [0, 0.1) is 11.2 Å². The first-order valence-electron chi connectivity index (χ1n) is 6.86. The molecule has 1 saturated carbocycles. The standard InChI is InChI=1S/C15H15BrFNO2/c16-11-8-10(17)4-5-12(11)18-13(19)9-15(14(18)20)6-2-1-3-7-15/h4-5,8H,1-3,6-7,9H2. The van der Waals surface area contributed by atoms with Gasteiger partial charge in [-0.1, -0.05) is 19.3 Å². The lowest BCUT2D eigenvalue weighted by molar-refractivity contribution is -0.127. The van der Waals surface area contributed by atoms with Crippen LogP contribution in [-0.4, -0.2) is 11.8 Å². The van der Waals surface area contributed by atoms with E-state index in [1.165, 1.54) is 23.1 Å². The quantitative estimate of drug-likeness (QED) is 0.729. The molecule has 0 atom stereocenters. The van der Waals surface area contributed by atoms with Crippen LogP contribution in [0.15, 0.2) is 22.7 Å². The highest BCUT2D eigenvalue weighted by atomic mass is 79.9. The summed E-state index contributed by atoms with van der Waals surface area (Å²) in [6, 6.07) is 4.03. The molecule has 2 fully saturated rings. The molecule has 20 heavy (non-hydrogen) atoms. The van der Waals surface area contributed by atoms with Gasteiger partial charge in [0.1, 0.15) is 5.82 Å². The Morgan fingerprint density at radius 3 is 2.50 bits per heavy atom. The van der Waals surface area contributed by atoms with Crippen molar-refractivity contribution >= 4 is 33.4 Å². The van der Waals surface area contributed by atoms with Gasteiger partial charge in [0.15, 0.2) is 0 Å². The minimum Gasteiger partial charge on any atom is -0.274 e. The monoisotopic (exact) mass is 339 g/mol. The number of hydrogen-bond acceptors (Lipinski definition) is 2. The topological polar surface area (TPSA) is 37.4 Å². The zero-order valence-electron chi connectivity index (χ0n) is 11.0. The van der Waals surface area contributed by atoms with Crippen LogP contribution in [0.2, 0.25) is 0 Å². The summed E-state index contributed by atoms with van der Waals surface area (Å²) in [4.78, 5) is 26.2. The molecule has 0 bridgehead atoms. The van der Waals surface area contributed by atoms with E-state index in [2.05, 4.69) is 15.9 Å². The molecule has 1 aliphatic heterocycles. The largest absolute Gasteiger partial charge is 0.274 e. The van der Waals surface area contributed by atoms with E-state index < -0.39 is 11.2 Å². The average Bonchev–Trinajstić information content (AvgIpc) is 2.63. The highest BCUT2D eigenvalue weighted by molar-refractivity contribution is 9.10. The van der Waals surface area contributed by atoms with Gasteiger partial charge in [-0.15, -0.1) is 0 Å². The summed E-state index contributed by atoms with van der Waals surface area (Å²) in [5, 5.41) is 0. The summed E-state index contributed by atoms with van der Waals surface area (Å²) >= 11 is 3.24. The lowest BCUT2D eigenvalue weighted by Crippen LogP contribution is -2.37. The summed E-state index contributed by atoms with van der Waals surface area (Å²) in [6.07, 6.45) is 4.98. The van der Waals surface area contributed by atoms with Gasteiger partial charge < -0.3 is 0 Å². The van der Waals surface area contributed by atoms with Gasteiger partial charge in [-0.2, -0.15) is 0 Å². The second kappa shape index (κ2) is 4.95. The molecule has 106 valence electrons. The van der Waals surface area contributed by atoms with Crippen LogP contribution in [0.25, 0.3) is 0 Å². The minimum atomic E-state index is -0.511. The number of nitrogens with zero attached hydrogens (tertiary/aromatic N) is 1. The van der Waals surface area contributed by atoms with Crippen molar-refractivity contribution in [2.45, 2.75) is 38.5 Å². The van der Waals surface area contributed by atoms with Crippen molar-refractivity contribution in [1.82, 2.24) is 0 Å². The van der Waals surface area contributed by atoms with Crippen molar-refractivity contribution in [1.29, 1.82) is 0 Å². The molecule has 0 radical (unpaired) electrons. The van der Waals surface area contributed by atoms with Gasteiger partial charge in [-0.25, -0.2) is 9.29 Å². The molecule has 3 rings (SSSR count). The van der Waals surface area contributed by atoms with E-state index in [9.17, 15) is 14.0 Å². The zero-order valence-corrected chi connectivity index (χ0v) is 12.6. The van der Waals surface area contributed by atoms with Gasteiger partial charge in [0.2, 0.25) is 11.8 Å². The van der Waals surface area contributed by atoms with Crippen molar-refractivity contribution in [3.05, 3.63) is 28.5 Å². The highest BCUT2D eigenvalue weighted by Gasteiger charge is 2.52. The average molecular weight is 340 g/mol. The Morgan fingerprint density at radius 1 is 1.15 bits per heavy atom. The molecular weight excluding hydrogens is 325 g/mol. The first-order chi connectivity index (χ1) is 9.53. The smallest absolute Gasteiger partial charge is 0.240 e. The Balaban J connectivity index is 1.98. The number of carbonyl (C=O) groups is 2. The fourth-order valence-electron chi connectivity index (χ4n) is 3.32. The second-order valence-electron chi connectivity index (χ2n) is 5.65. The van der Waals surface area contributed by atoms with Crippen LogP contribution in [0.1, 0.15) is 38.5 Å². The maximum Gasteiger partial charge on any atom is 0.240 e. The van der Waals surface area contributed by atoms with Gasteiger partial charge in [0, 0.05) is 10.9 Å². The molecule has 1 spiro atoms. The number of anilines is 1. The summed E-state index contributed by atoms with van der Waals surface area (Å²) in [6.45, 7) is 0. The first-order valence-corrected chi connectivity index (χ1v) is 7.65. The Labute approximate surface area is 125 Å². The third-order valence-electron chi connectivity index (χ3n) is 4.36. The first kappa shape index (κ1) is 13.7. The molecule has 0 aromatic heterocycles. The number of hydrogen-bond donors (Lipinski definition) is 0. The zero-order chi connectivity index (χ0) is 14.3. The van der Waals surface area contributed by atoms with E-state index in [-0.39, 0.29) is 18.2 Å². The van der Waals surface area contributed by atoms with Crippen molar-refractivity contribution in [3.63, 3.8) is 0 Å². The Bertz CT molecular complexity index is 581. The van der Waals surface area contributed by atoms with E-state index in [0.717, 1.165) is 32.1 Å². The van der Waals surface area contributed by atoms with Crippen LogP contribution < -0.4 is 4.90 Å². The molecule has 1 aromatic rings. The molecule has 2 aliphatic rings. The Kier molecular flexibility index (Phi) is 3.40. The molecule has 1 aliphatic carbocycles. The fraction of sp³-hybridized carbons (Fsp3) is 0.467. The minimum absolute atomic E-state index is 0.116. The Hall–Kier alpha value is -1.23. The van der Waals surface area contributed by atoms with E-state index in [1.807, 2.05) is 0 Å². The van der Waals surface area contributed by atoms with Crippen LogP contribution in [-0.2, 0) is 9.59 Å². The predicted octanol–water partition coefficient (Wildman–Crippen LogP) is 3.80. The molecule has 0 unspecified atom stereocenters. The highest BCUT2D eigenvalue weighted by Crippen LogP contribution is 2.47. The van der Waals surface area contributed by atoms with E-state index >= 15 is 0 Å². The van der Waals surface area contributed by atoms with E-state index in [4.69, 9.17) is 0 Å². The lowest BCUT2D eigenvalue weighted by Gasteiger charge is -2.30. The molecule has 0 N–H and O–H groups in total. The maximum atomic E-state index is 13.2. The molecule has 1 aromatic carbocycles. The third kappa shape index (κ3) is 2.08. The van der Waals surface area contributed by atoms with Crippen molar-refractivity contribution in [3.8, 4) is 0 Å². The van der Waals surface area contributed by atoms with Crippen LogP contribution in [0.3, 0.4) is 0 Å². The van der Waals surface area contributed by atoms with Crippen molar-refractivity contribution < 1.29 is 14.0 Å². The van der Waals surface area contributed by atoms with Gasteiger partial charge in [0.25, 0.3) is 0 Å². The van der Waals surface area contributed by atoms with Gasteiger partial charge in [0.05, 0.1) is 11.1 Å². The SMILES string of the molecule is O=C1CC2(CCCCC2)C(=O)N1c1ccc(F)cc1Br. The summed E-state index contributed by atoms with van der Waals surface area (Å²) in [5.41, 5.74) is -0.0627. The van der Waals surface area contributed by atoms with Crippen LogP contribution >= 0.6 is 15.9 Å². The predicted molar refractivity (Wildman–Crippen MR) is 76.7 cm³/mol. The van der Waals surface area contributed by atoms with Crippen molar-refractivity contribution in [2.24, 2.45) is 5.41 Å². The number of halogens is 2. The van der Waals surface area contributed by atoms with E-state index in [0.29, 0.717) is 10.2 Å². The molecule has 1 heterocycles. The lowest BCUT2D eigenvalue weighted by atomic mass is 9.73. The van der Waals surface area contributed by atoms with Gasteiger partial charge in [-0.3, -0.25) is 9.59 Å². The van der Waals surface area contributed by atoms with Crippen LogP contribution in [0.4, 0.5) is 10.1 Å². The number of amides is 2. The number of imide groups is 1. The van der Waals surface area contributed by atoms with Crippen molar-refractivity contribution in [2.75, 3.05) is 4.90 Å². The number of benzene rings is 1. The second-order valence-corrected chi connectivity index (χ2v) is 6.50. The summed E-state index contributed by atoms with van der Waals surface area (Å²) in [7, 11) is 0. The van der Waals surface area contributed by atoms with E-state index in [1.54, 1.807) is 0 Å². The molecule has 1 saturated heterocycles. The number of rotatable bonds is 1. The van der Waals surface area contributed by atoms with Gasteiger partial charge in [-0.05, 0) is 47.0 Å². The van der Waals surface area contributed by atoms with Gasteiger partial charge >= 0.3 is 0 Å². The normalized spacial score (nSPS) is 21.8. The molecule has 2 amide bonds. The fourth-order valence-corrected chi connectivity index (χ4v) is 3.85. The van der Waals surface area contributed by atoms with Crippen LogP contribution in [0.5, 0.6) is 0 Å². The Morgan fingerprint density at radius 2 is 1.85 bits per heavy atom. The maximum absolute atomic E-state index is 13.2. The molecule has 5 heteroatoms. The summed E-state index contributed by atoms with van der Waals surface area (Å²) < 4.78 is 13.6. The third-order valence-corrected chi connectivity index (χ3v) is 4.99.